The van der Waals surface area contributed by atoms with Crippen molar-refractivity contribution in [2.45, 2.75) is 153 Å². The summed E-state index contributed by atoms with van der Waals surface area (Å²) in [5, 5.41) is 124. The third-order valence-electron chi connectivity index (χ3n) is 10.7. The van der Waals surface area contributed by atoms with Crippen LogP contribution < -0.4 is 28.7 Å². The van der Waals surface area contributed by atoms with E-state index >= 15 is 0 Å². The van der Waals surface area contributed by atoms with Crippen molar-refractivity contribution in [3.05, 3.63) is 0 Å². The Morgan fingerprint density at radius 3 is 0.875 bits per heavy atom. The largest absolute Gasteiger partial charge is 0.394 e. The molecule has 5 rings (SSSR count). The van der Waals surface area contributed by atoms with Crippen LogP contribution in [0.2, 0.25) is 0 Å². The van der Waals surface area contributed by atoms with Crippen molar-refractivity contribution >= 4 is 0 Å². The molecule has 0 bridgehead atoms. The maximum atomic E-state index is 11.3. The van der Waals surface area contributed by atoms with Gasteiger partial charge in [-0.05, 0) is 0 Å². The average molecular weight is 824 g/mol. The molecule has 0 saturated carbocycles. The van der Waals surface area contributed by atoms with Gasteiger partial charge in [-0.15, -0.1) is 0 Å². The predicted octanol–water partition coefficient (Wildman–Crippen LogP) is -12.1. The highest BCUT2D eigenvalue weighted by Crippen LogP contribution is 2.34. The van der Waals surface area contributed by atoms with Gasteiger partial charge in [-0.2, -0.15) is 0 Å². The summed E-state index contributed by atoms with van der Waals surface area (Å²) in [5.74, 6) is 0. The summed E-state index contributed by atoms with van der Waals surface area (Å²) in [6.07, 6.45) is -30.5. The van der Waals surface area contributed by atoms with Gasteiger partial charge in [-0.1, -0.05) is 0 Å². The van der Waals surface area contributed by atoms with E-state index in [9.17, 15) is 61.3 Å². The van der Waals surface area contributed by atoms with Gasteiger partial charge in [0, 0.05) is 0 Å². The van der Waals surface area contributed by atoms with Gasteiger partial charge in [-0.3, -0.25) is 0 Å². The lowest BCUT2D eigenvalue weighted by Crippen LogP contribution is -2.70. The van der Waals surface area contributed by atoms with Crippen molar-refractivity contribution < 1.29 is 104 Å². The maximum Gasteiger partial charge on any atom is 0.176 e. The minimum absolute atomic E-state index is 0.711. The molecule has 328 valence electrons. The fourth-order valence-electron chi connectivity index (χ4n) is 7.25. The lowest BCUT2D eigenvalue weighted by atomic mass is 9.94. The van der Waals surface area contributed by atoms with E-state index in [1.165, 1.54) is 0 Å². The second-order valence-electron chi connectivity index (χ2n) is 14.4. The van der Waals surface area contributed by atoms with E-state index in [2.05, 4.69) is 0 Å². The summed E-state index contributed by atoms with van der Waals surface area (Å²) in [4.78, 5) is 0. The standard InChI is InChI=1S/C30H57N5O21/c31-11-18(43)22(7(2-37)48-26(11)47)53-28-13(33)20(45)24(9(4-39)50-28)55-30-15(35)21(46)25(10(5-40)52-30)56-29-14(34)19(44)23(8(3-38)51-29)54-27-12(32)17(42)16(41)6(1-36)49-27/h6-30,36-47H,1-5,31-35H2/t6-,7+,8-,9+,10+,11+,12-,13+,14-,15+,16?,17+,18-,19+,20-,21-,22?,23?,24?,25?,26?,27?,28?,29?,30?/m1/s1. The molecular weight excluding hydrogens is 766 g/mol. The van der Waals surface area contributed by atoms with Gasteiger partial charge < -0.3 is 133 Å². The molecule has 0 spiro atoms. The molecule has 5 fully saturated rings. The van der Waals surface area contributed by atoms with Crippen LogP contribution in [0.15, 0.2) is 0 Å². The molecule has 0 aromatic carbocycles. The monoisotopic (exact) mass is 823 g/mol. The van der Waals surface area contributed by atoms with Crippen LogP contribution in [0.3, 0.4) is 0 Å². The van der Waals surface area contributed by atoms with E-state index in [0.29, 0.717) is 0 Å². The molecule has 5 aliphatic heterocycles. The first kappa shape index (κ1) is 46.0. The van der Waals surface area contributed by atoms with Crippen LogP contribution >= 0.6 is 0 Å². The van der Waals surface area contributed by atoms with E-state index < -0.39 is 186 Å². The summed E-state index contributed by atoms with van der Waals surface area (Å²) in [6, 6.07) is -7.14. The Morgan fingerprint density at radius 2 is 0.571 bits per heavy atom. The molecule has 0 aliphatic carbocycles. The number of ether oxygens (including phenoxy) is 9. The minimum Gasteiger partial charge on any atom is -0.394 e. The Kier molecular flexibility index (Phi) is 16.1. The molecule has 0 amide bonds. The van der Waals surface area contributed by atoms with Crippen molar-refractivity contribution in [1.82, 2.24) is 0 Å². The highest BCUT2D eigenvalue weighted by atomic mass is 16.8. The summed E-state index contributed by atoms with van der Waals surface area (Å²) in [5.41, 5.74) is 30.4. The molecule has 0 aromatic heterocycles. The Labute approximate surface area is 319 Å². The molecule has 26 heteroatoms. The van der Waals surface area contributed by atoms with Gasteiger partial charge in [-0.25, -0.2) is 0 Å². The number of rotatable bonds is 13. The van der Waals surface area contributed by atoms with Gasteiger partial charge in [0.1, 0.15) is 91.6 Å². The Balaban J connectivity index is 1.22. The van der Waals surface area contributed by atoms with Crippen molar-refractivity contribution in [3.63, 3.8) is 0 Å². The van der Waals surface area contributed by atoms with E-state index in [4.69, 9.17) is 71.3 Å². The molecule has 0 aromatic rings. The van der Waals surface area contributed by atoms with Gasteiger partial charge in [0.2, 0.25) is 0 Å². The summed E-state index contributed by atoms with van der Waals surface area (Å²) in [7, 11) is 0. The van der Waals surface area contributed by atoms with Gasteiger partial charge in [0.25, 0.3) is 0 Å². The first-order valence-corrected chi connectivity index (χ1v) is 18.0. The zero-order valence-corrected chi connectivity index (χ0v) is 29.9. The normalized spacial score (nSPS) is 53.2. The smallest absolute Gasteiger partial charge is 0.176 e. The van der Waals surface area contributed by atoms with Crippen LogP contribution in [0.5, 0.6) is 0 Å². The molecule has 0 radical (unpaired) electrons. The fraction of sp³-hybridized carbons (Fsp3) is 1.00. The zero-order chi connectivity index (χ0) is 41.3. The molecule has 5 aliphatic rings. The SMILES string of the molecule is N[C@@H]1C(O)O[C@@H](CO)C(OC2O[C@@H](CO)C(OC3O[C@@H](CO)C(OC4O[C@H](CO)C(OC5O[C@H](CO)C(O)[C@@H](O)[C@H]5N)[C@@H](O)[C@H]4N)[C@H](O)[C@@H]3N)[C@H](O)[C@@H]2N)[C@@H]1O. The zero-order valence-electron chi connectivity index (χ0n) is 29.9. The predicted molar refractivity (Wildman–Crippen MR) is 176 cm³/mol. The van der Waals surface area contributed by atoms with Crippen LogP contribution in [0, 0.1) is 0 Å². The number of hydrogen-bond donors (Lipinski definition) is 17. The van der Waals surface area contributed by atoms with Crippen LogP contribution in [0.25, 0.3) is 0 Å². The minimum atomic E-state index is -1.74. The first-order chi connectivity index (χ1) is 26.5. The summed E-state index contributed by atoms with van der Waals surface area (Å²) in [6.45, 7) is -3.86. The van der Waals surface area contributed by atoms with E-state index in [-0.39, 0.29) is 0 Å². The van der Waals surface area contributed by atoms with Crippen molar-refractivity contribution in [2.24, 2.45) is 28.7 Å². The van der Waals surface area contributed by atoms with Crippen molar-refractivity contribution in [1.29, 1.82) is 0 Å². The van der Waals surface area contributed by atoms with Crippen molar-refractivity contribution in [2.75, 3.05) is 33.0 Å². The van der Waals surface area contributed by atoms with Gasteiger partial charge >= 0.3 is 0 Å². The molecule has 22 N–H and O–H groups in total. The van der Waals surface area contributed by atoms with Gasteiger partial charge in [0.05, 0.1) is 63.2 Å². The van der Waals surface area contributed by atoms with E-state index in [1.807, 2.05) is 0 Å². The highest BCUT2D eigenvalue weighted by Gasteiger charge is 2.55. The topological polar surface area (TPSA) is 456 Å². The van der Waals surface area contributed by atoms with Gasteiger partial charge in [0.15, 0.2) is 31.5 Å². The van der Waals surface area contributed by atoms with Crippen LogP contribution in [-0.4, -0.2) is 248 Å². The lowest BCUT2D eigenvalue weighted by molar-refractivity contribution is -0.364. The third kappa shape index (κ3) is 9.16. The lowest BCUT2D eigenvalue weighted by Gasteiger charge is -2.50. The maximum absolute atomic E-state index is 11.3. The Bertz CT molecular complexity index is 1220. The quantitative estimate of drug-likeness (QED) is 0.0820. The Hall–Kier alpha value is -1.04. The first-order valence-electron chi connectivity index (χ1n) is 18.0. The number of aliphatic hydroxyl groups is 12. The summed E-state index contributed by atoms with van der Waals surface area (Å²) < 4.78 is 51.1. The molecule has 26 nitrogen and oxygen atoms in total. The number of nitrogens with two attached hydrogens (primary N) is 5. The van der Waals surface area contributed by atoms with E-state index in [1.54, 1.807) is 0 Å². The van der Waals surface area contributed by atoms with Crippen LogP contribution in [0.4, 0.5) is 0 Å². The molecule has 5 saturated heterocycles. The van der Waals surface area contributed by atoms with E-state index in [0.717, 1.165) is 0 Å². The third-order valence-corrected chi connectivity index (χ3v) is 10.7. The number of hydrogen-bond acceptors (Lipinski definition) is 26. The second-order valence-corrected chi connectivity index (χ2v) is 14.4. The number of aliphatic hydroxyl groups excluding tert-OH is 12. The van der Waals surface area contributed by atoms with Crippen LogP contribution in [-0.2, 0) is 42.6 Å². The summed E-state index contributed by atoms with van der Waals surface area (Å²) >= 11 is 0. The van der Waals surface area contributed by atoms with Crippen LogP contribution in [0.1, 0.15) is 0 Å². The van der Waals surface area contributed by atoms with Crippen molar-refractivity contribution in [3.8, 4) is 0 Å². The molecular formula is C30H57N5O21. The molecule has 56 heavy (non-hydrogen) atoms. The molecule has 10 unspecified atom stereocenters. The molecule has 25 atom stereocenters. The fourth-order valence-corrected chi connectivity index (χ4v) is 7.25. The Morgan fingerprint density at radius 1 is 0.321 bits per heavy atom. The second kappa shape index (κ2) is 19.6. The average Bonchev–Trinajstić information content (AvgIpc) is 3.19. The highest BCUT2D eigenvalue weighted by molar-refractivity contribution is 5.01. The molecule has 5 heterocycles.